The highest BCUT2D eigenvalue weighted by Crippen LogP contribution is 2.20. The largest absolute Gasteiger partial charge is 0.502 e. The Bertz CT molecular complexity index is 692. The van der Waals surface area contributed by atoms with Crippen LogP contribution in [0.4, 0.5) is 0 Å². The van der Waals surface area contributed by atoms with Gasteiger partial charge in [0.15, 0.2) is 11.4 Å². The maximum atomic E-state index is 12.4. The van der Waals surface area contributed by atoms with E-state index in [0.29, 0.717) is 13.2 Å². The number of amides is 1. The summed E-state index contributed by atoms with van der Waals surface area (Å²) >= 11 is 0. The lowest BCUT2D eigenvalue weighted by molar-refractivity contribution is 0.0497. The van der Waals surface area contributed by atoms with Gasteiger partial charge in [0.25, 0.3) is 5.91 Å². The van der Waals surface area contributed by atoms with Crippen molar-refractivity contribution < 1.29 is 24.5 Å². The van der Waals surface area contributed by atoms with Gasteiger partial charge in [-0.2, -0.15) is 0 Å². The standard InChI is InChI=1S/C13H15N3O6/c17-10-8(13(20)21)5-16-9(11(10)18)12(19)15(6-14-16)4-7-2-1-3-22-7/h5,7,14,18H,1-4,6H2,(H,20,21)/t7-/m0/s1. The normalized spacial score (nSPS) is 20.6. The quantitative estimate of drug-likeness (QED) is 0.681. The molecule has 3 rings (SSSR count). The zero-order valence-corrected chi connectivity index (χ0v) is 11.6. The van der Waals surface area contributed by atoms with Crippen LogP contribution in [0.25, 0.3) is 0 Å². The maximum Gasteiger partial charge on any atom is 0.341 e. The molecule has 2 aliphatic heterocycles. The predicted molar refractivity (Wildman–Crippen MR) is 73.6 cm³/mol. The molecule has 22 heavy (non-hydrogen) atoms. The molecule has 9 nitrogen and oxygen atoms in total. The van der Waals surface area contributed by atoms with Gasteiger partial charge < -0.3 is 25.3 Å². The summed E-state index contributed by atoms with van der Waals surface area (Å²) in [6.45, 7) is 1.14. The van der Waals surface area contributed by atoms with Gasteiger partial charge in [0.05, 0.1) is 6.10 Å². The number of hydrogen-bond donors (Lipinski definition) is 3. The van der Waals surface area contributed by atoms with E-state index >= 15 is 0 Å². The topological polar surface area (TPSA) is 121 Å². The molecule has 1 saturated heterocycles. The van der Waals surface area contributed by atoms with Crippen molar-refractivity contribution in [2.75, 3.05) is 25.2 Å². The molecule has 9 heteroatoms. The van der Waals surface area contributed by atoms with Crippen LogP contribution in [0.15, 0.2) is 11.0 Å². The smallest absolute Gasteiger partial charge is 0.341 e. The van der Waals surface area contributed by atoms with E-state index in [1.54, 1.807) is 0 Å². The molecule has 0 aromatic carbocycles. The Balaban J connectivity index is 1.93. The Kier molecular flexibility index (Phi) is 3.49. The van der Waals surface area contributed by atoms with Crippen LogP contribution in [0.1, 0.15) is 33.7 Å². The van der Waals surface area contributed by atoms with Crippen molar-refractivity contribution in [2.24, 2.45) is 0 Å². The number of aromatic carboxylic acids is 1. The van der Waals surface area contributed by atoms with Gasteiger partial charge in [0.1, 0.15) is 12.2 Å². The molecule has 1 atom stereocenters. The van der Waals surface area contributed by atoms with E-state index in [9.17, 15) is 19.5 Å². The van der Waals surface area contributed by atoms with E-state index in [0.717, 1.165) is 23.7 Å². The predicted octanol–water partition coefficient (Wildman–Crippen LogP) is -0.612. The number of aromatic nitrogens is 1. The number of carbonyl (C=O) groups excluding carboxylic acids is 1. The number of carboxylic acid groups (broad SMARTS) is 1. The molecular formula is C13H15N3O6. The summed E-state index contributed by atoms with van der Waals surface area (Å²) in [4.78, 5) is 36.6. The summed E-state index contributed by atoms with van der Waals surface area (Å²) < 4.78 is 6.54. The van der Waals surface area contributed by atoms with Gasteiger partial charge in [0, 0.05) is 19.3 Å². The van der Waals surface area contributed by atoms with E-state index in [1.165, 1.54) is 4.90 Å². The van der Waals surface area contributed by atoms with Gasteiger partial charge in [-0.25, -0.2) is 4.79 Å². The first-order valence-electron chi connectivity index (χ1n) is 6.85. The van der Waals surface area contributed by atoms with Crippen LogP contribution < -0.4 is 10.9 Å². The summed E-state index contributed by atoms with van der Waals surface area (Å²) in [6, 6.07) is 0. The minimum Gasteiger partial charge on any atom is -0.502 e. The van der Waals surface area contributed by atoms with Crippen LogP contribution in [0, 0.1) is 0 Å². The zero-order chi connectivity index (χ0) is 15.9. The number of rotatable bonds is 3. The zero-order valence-electron chi connectivity index (χ0n) is 11.6. The van der Waals surface area contributed by atoms with Crippen molar-refractivity contribution in [2.45, 2.75) is 18.9 Å². The minimum atomic E-state index is -1.47. The molecule has 2 aliphatic rings. The van der Waals surface area contributed by atoms with Crippen molar-refractivity contribution in [1.82, 2.24) is 9.58 Å². The molecule has 1 amide bonds. The minimum absolute atomic E-state index is 0.0653. The Morgan fingerprint density at radius 2 is 2.23 bits per heavy atom. The molecule has 118 valence electrons. The molecule has 0 aliphatic carbocycles. The summed E-state index contributed by atoms with van der Waals surface area (Å²) in [5, 5.41) is 18.8. The third-order valence-corrected chi connectivity index (χ3v) is 3.78. The highest BCUT2D eigenvalue weighted by atomic mass is 16.5. The second kappa shape index (κ2) is 5.34. The van der Waals surface area contributed by atoms with Gasteiger partial charge in [0.2, 0.25) is 5.43 Å². The number of aromatic hydroxyl groups is 1. The molecular weight excluding hydrogens is 294 g/mol. The average Bonchev–Trinajstić information content (AvgIpc) is 2.98. The molecule has 0 saturated carbocycles. The fraction of sp³-hybridized carbons (Fsp3) is 0.462. The summed E-state index contributed by atoms with van der Waals surface area (Å²) in [5.41, 5.74) is 0.841. The number of hydrogen-bond acceptors (Lipinski definition) is 6. The lowest BCUT2D eigenvalue weighted by Crippen LogP contribution is -2.49. The van der Waals surface area contributed by atoms with Crippen LogP contribution >= 0.6 is 0 Å². The van der Waals surface area contributed by atoms with Gasteiger partial charge in [-0.3, -0.25) is 14.3 Å². The molecule has 0 spiro atoms. The highest BCUT2D eigenvalue weighted by Gasteiger charge is 2.32. The summed E-state index contributed by atoms with van der Waals surface area (Å²) in [6.07, 6.45) is 2.72. The molecule has 0 unspecified atom stereocenters. The van der Waals surface area contributed by atoms with Crippen LogP contribution in [0.3, 0.4) is 0 Å². The number of nitrogens with zero attached hydrogens (tertiary/aromatic N) is 2. The molecule has 0 radical (unpaired) electrons. The Morgan fingerprint density at radius 1 is 1.45 bits per heavy atom. The molecule has 1 fully saturated rings. The van der Waals surface area contributed by atoms with E-state index < -0.39 is 28.6 Å². The van der Waals surface area contributed by atoms with Crippen molar-refractivity contribution in [3.8, 4) is 5.75 Å². The third kappa shape index (κ3) is 2.29. The third-order valence-electron chi connectivity index (χ3n) is 3.78. The Morgan fingerprint density at radius 3 is 2.86 bits per heavy atom. The van der Waals surface area contributed by atoms with Crippen molar-refractivity contribution in [3.63, 3.8) is 0 Å². The van der Waals surface area contributed by atoms with Crippen molar-refractivity contribution in [3.05, 3.63) is 27.7 Å². The molecule has 1 aromatic rings. The number of fused-ring (bicyclic) bond motifs is 1. The van der Waals surface area contributed by atoms with Crippen LogP contribution in [0.2, 0.25) is 0 Å². The lowest BCUT2D eigenvalue weighted by Gasteiger charge is -2.32. The molecule has 3 heterocycles. The number of carbonyl (C=O) groups is 2. The SMILES string of the molecule is O=C(O)c1cn2c(c(O)c1=O)C(=O)N(C[C@@H]1CCCO1)CN2. The van der Waals surface area contributed by atoms with Crippen LogP contribution in [-0.4, -0.2) is 57.6 Å². The van der Waals surface area contributed by atoms with Gasteiger partial charge in [-0.1, -0.05) is 0 Å². The summed E-state index contributed by atoms with van der Waals surface area (Å²) in [5.74, 6) is -2.87. The van der Waals surface area contributed by atoms with E-state index in [4.69, 9.17) is 9.84 Å². The maximum absolute atomic E-state index is 12.4. The van der Waals surface area contributed by atoms with Crippen molar-refractivity contribution in [1.29, 1.82) is 0 Å². The number of carboxylic acids is 1. The first-order chi connectivity index (χ1) is 10.5. The fourth-order valence-corrected chi connectivity index (χ4v) is 2.65. The van der Waals surface area contributed by atoms with Crippen LogP contribution in [-0.2, 0) is 4.74 Å². The van der Waals surface area contributed by atoms with E-state index in [2.05, 4.69) is 5.43 Å². The average molecular weight is 309 g/mol. The molecule has 1 aromatic heterocycles. The molecule has 3 N–H and O–H groups in total. The highest BCUT2D eigenvalue weighted by molar-refractivity contribution is 5.97. The van der Waals surface area contributed by atoms with Gasteiger partial charge in [-0.05, 0) is 12.8 Å². The van der Waals surface area contributed by atoms with Crippen molar-refractivity contribution >= 4 is 11.9 Å². The van der Waals surface area contributed by atoms with Gasteiger partial charge in [-0.15, -0.1) is 0 Å². The lowest BCUT2D eigenvalue weighted by atomic mass is 10.1. The summed E-state index contributed by atoms with van der Waals surface area (Å²) in [7, 11) is 0. The Hall–Kier alpha value is -2.55. The monoisotopic (exact) mass is 309 g/mol. The number of ether oxygens (including phenoxy) is 1. The number of nitrogens with one attached hydrogen (secondary N) is 1. The fourth-order valence-electron chi connectivity index (χ4n) is 2.65. The van der Waals surface area contributed by atoms with E-state index in [1.807, 2.05) is 0 Å². The first kappa shape index (κ1) is 14.4. The van der Waals surface area contributed by atoms with Gasteiger partial charge >= 0.3 is 5.97 Å². The second-order valence-corrected chi connectivity index (χ2v) is 5.22. The first-order valence-corrected chi connectivity index (χ1v) is 6.85. The van der Waals surface area contributed by atoms with E-state index in [-0.39, 0.29) is 18.5 Å². The Labute approximate surface area is 124 Å². The number of pyridine rings is 1. The van der Waals surface area contributed by atoms with Crippen LogP contribution in [0.5, 0.6) is 5.75 Å². The second-order valence-electron chi connectivity index (χ2n) is 5.22. The molecule has 0 bridgehead atoms.